The minimum atomic E-state index is -4.47. The topological polar surface area (TPSA) is 40.5 Å². The summed E-state index contributed by atoms with van der Waals surface area (Å²) in [5.74, 6) is -2.60. The molecule has 19 heavy (non-hydrogen) atoms. The van der Waals surface area contributed by atoms with Gasteiger partial charge in [-0.15, -0.1) is 0 Å². The average Bonchev–Trinajstić information content (AvgIpc) is 3.07. The second-order valence-corrected chi connectivity index (χ2v) is 4.41. The zero-order chi connectivity index (χ0) is 14.2. The molecule has 104 valence electrons. The Labute approximate surface area is 106 Å². The molecule has 0 radical (unpaired) electrons. The lowest BCUT2D eigenvalue weighted by Gasteiger charge is -2.27. The number of aromatic carboxylic acids is 1. The molecule has 1 aromatic carbocycles. The standard InChI is InChI=1S/C12H11F4NO2/c13-8-2-1-3-9(10(8)11(18)19)17(7-4-5-7)6-12(14,15)16/h1-3,7H,4-6H2,(H,18,19). The van der Waals surface area contributed by atoms with Crippen molar-refractivity contribution in [2.45, 2.75) is 25.1 Å². The van der Waals surface area contributed by atoms with Gasteiger partial charge in [-0.2, -0.15) is 13.2 Å². The molecule has 0 atom stereocenters. The smallest absolute Gasteiger partial charge is 0.405 e. The fourth-order valence-corrected chi connectivity index (χ4v) is 1.95. The number of carbonyl (C=O) groups is 1. The molecule has 0 spiro atoms. The first-order valence-corrected chi connectivity index (χ1v) is 5.65. The van der Waals surface area contributed by atoms with Crippen molar-refractivity contribution >= 4 is 11.7 Å². The molecule has 1 N–H and O–H groups in total. The first-order chi connectivity index (χ1) is 8.79. The van der Waals surface area contributed by atoms with Crippen molar-refractivity contribution in [3.05, 3.63) is 29.6 Å². The van der Waals surface area contributed by atoms with Crippen LogP contribution in [0.15, 0.2) is 18.2 Å². The van der Waals surface area contributed by atoms with E-state index in [1.165, 1.54) is 12.1 Å². The molecule has 0 heterocycles. The average molecular weight is 277 g/mol. The molecule has 3 nitrogen and oxygen atoms in total. The number of carboxylic acids is 1. The van der Waals surface area contributed by atoms with Crippen LogP contribution in [0.5, 0.6) is 0 Å². The Morgan fingerprint density at radius 2 is 2.00 bits per heavy atom. The van der Waals surface area contributed by atoms with Crippen molar-refractivity contribution in [3.8, 4) is 0 Å². The second kappa shape index (κ2) is 4.71. The van der Waals surface area contributed by atoms with Gasteiger partial charge >= 0.3 is 12.1 Å². The highest BCUT2D eigenvalue weighted by atomic mass is 19.4. The molecule has 7 heteroatoms. The third-order valence-corrected chi connectivity index (χ3v) is 2.85. The zero-order valence-corrected chi connectivity index (χ0v) is 9.75. The minimum Gasteiger partial charge on any atom is -0.478 e. The van der Waals surface area contributed by atoms with Gasteiger partial charge in [0.2, 0.25) is 0 Å². The number of carboxylic acid groups (broad SMARTS) is 1. The van der Waals surface area contributed by atoms with Crippen LogP contribution in [0.3, 0.4) is 0 Å². The first-order valence-electron chi connectivity index (χ1n) is 5.65. The number of alkyl halides is 3. The van der Waals surface area contributed by atoms with Crippen molar-refractivity contribution in [1.29, 1.82) is 0 Å². The monoisotopic (exact) mass is 277 g/mol. The third kappa shape index (κ3) is 3.15. The maximum Gasteiger partial charge on any atom is 0.405 e. The molecule has 0 aromatic heterocycles. The lowest BCUT2D eigenvalue weighted by Crippen LogP contribution is -2.37. The number of benzene rings is 1. The number of rotatable bonds is 4. The maximum absolute atomic E-state index is 13.5. The normalized spacial score (nSPS) is 15.4. The van der Waals surface area contributed by atoms with Gasteiger partial charge in [0, 0.05) is 6.04 Å². The summed E-state index contributed by atoms with van der Waals surface area (Å²) in [6.07, 6.45) is -3.37. The fourth-order valence-electron chi connectivity index (χ4n) is 1.95. The molecule has 0 aliphatic heterocycles. The van der Waals surface area contributed by atoms with Crippen LogP contribution in [-0.2, 0) is 0 Å². The number of nitrogens with zero attached hydrogens (tertiary/aromatic N) is 1. The summed E-state index contributed by atoms with van der Waals surface area (Å²) < 4.78 is 51.1. The molecule has 0 bridgehead atoms. The van der Waals surface area contributed by atoms with Crippen molar-refractivity contribution in [1.82, 2.24) is 0 Å². The third-order valence-electron chi connectivity index (χ3n) is 2.85. The van der Waals surface area contributed by atoms with Crippen molar-refractivity contribution in [2.75, 3.05) is 11.4 Å². The van der Waals surface area contributed by atoms with E-state index in [4.69, 9.17) is 5.11 Å². The Balaban J connectivity index is 2.42. The summed E-state index contributed by atoms with van der Waals surface area (Å²) >= 11 is 0. The second-order valence-electron chi connectivity index (χ2n) is 4.41. The van der Waals surface area contributed by atoms with Crippen LogP contribution in [0.4, 0.5) is 23.2 Å². The molecule has 1 aromatic rings. The van der Waals surface area contributed by atoms with E-state index >= 15 is 0 Å². The minimum absolute atomic E-state index is 0.215. The van der Waals surface area contributed by atoms with Crippen molar-refractivity contribution < 1.29 is 27.5 Å². The predicted octanol–water partition coefficient (Wildman–Crippen LogP) is 3.06. The van der Waals surface area contributed by atoms with E-state index in [0.29, 0.717) is 12.8 Å². The molecule has 1 saturated carbocycles. The Kier molecular flexibility index (Phi) is 3.38. The molecular formula is C12H11F4NO2. The SMILES string of the molecule is O=C(O)c1c(F)cccc1N(CC(F)(F)F)C1CC1. The van der Waals surface area contributed by atoms with Crippen molar-refractivity contribution in [3.63, 3.8) is 0 Å². The Bertz CT molecular complexity index is 497. The van der Waals surface area contributed by atoms with Crippen LogP contribution < -0.4 is 4.90 Å². The highest BCUT2D eigenvalue weighted by molar-refractivity contribution is 5.95. The molecular weight excluding hydrogens is 266 g/mol. The summed E-state index contributed by atoms with van der Waals surface area (Å²) in [5.41, 5.74) is -0.925. The Morgan fingerprint density at radius 1 is 1.37 bits per heavy atom. The van der Waals surface area contributed by atoms with Crippen LogP contribution in [0.1, 0.15) is 23.2 Å². The quantitative estimate of drug-likeness (QED) is 0.860. The number of anilines is 1. The Morgan fingerprint density at radius 3 is 2.47 bits per heavy atom. The summed E-state index contributed by atoms with van der Waals surface area (Å²) in [4.78, 5) is 11.9. The number of hydrogen-bond acceptors (Lipinski definition) is 2. The first kappa shape index (κ1) is 13.6. The lowest BCUT2D eigenvalue weighted by molar-refractivity contribution is -0.120. The van der Waals surface area contributed by atoms with Gasteiger partial charge in [0.05, 0.1) is 5.69 Å². The van der Waals surface area contributed by atoms with E-state index in [9.17, 15) is 22.4 Å². The predicted molar refractivity (Wildman–Crippen MR) is 59.8 cm³/mol. The maximum atomic E-state index is 13.5. The van der Waals surface area contributed by atoms with E-state index in [0.717, 1.165) is 11.0 Å². The van der Waals surface area contributed by atoms with Gasteiger partial charge in [-0.05, 0) is 25.0 Å². The van der Waals surface area contributed by atoms with Gasteiger partial charge in [0.25, 0.3) is 0 Å². The number of hydrogen-bond donors (Lipinski definition) is 1. The number of halogens is 4. The largest absolute Gasteiger partial charge is 0.478 e. The van der Waals surface area contributed by atoms with E-state index in [-0.39, 0.29) is 11.7 Å². The van der Waals surface area contributed by atoms with Gasteiger partial charge < -0.3 is 10.0 Å². The molecule has 0 amide bonds. The van der Waals surface area contributed by atoms with Gasteiger partial charge in [-0.25, -0.2) is 9.18 Å². The highest BCUT2D eigenvalue weighted by Gasteiger charge is 2.39. The van der Waals surface area contributed by atoms with Gasteiger partial charge in [-0.3, -0.25) is 0 Å². The molecule has 1 aliphatic carbocycles. The molecule has 2 rings (SSSR count). The summed E-state index contributed by atoms with van der Waals surface area (Å²) in [5, 5.41) is 8.95. The van der Waals surface area contributed by atoms with Crippen LogP contribution >= 0.6 is 0 Å². The molecule has 0 unspecified atom stereocenters. The molecule has 0 saturated heterocycles. The summed E-state index contributed by atoms with van der Waals surface area (Å²) in [7, 11) is 0. The van der Waals surface area contributed by atoms with Gasteiger partial charge in [-0.1, -0.05) is 6.07 Å². The van der Waals surface area contributed by atoms with E-state index in [1.54, 1.807) is 0 Å². The lowest BCUT2D eigenvalue weighted by atomic mass is 10.1. The van der Waals surface area contributed by atoms with Crippen LogP contribution in [-0.4, -0.2) is 29.8 Å². The fraction of sp³-hybridized carbons (Fsp3) is 0.417. The van der Waals surface area contributed by atoms with Crippen molar-refractivity contribution in [2.24, 2.45) is 0 Å². The zero-order valence-electron chi connectivity index (χ0n) is 9.75. The van der Waals surface area contributed by atoms with E-state index in [2.05, 4.69) is 0 Å². The van der Waals surface area contributed by atoms with Crippen LogP contribution in [0.25, 0.3) is 0 Å². The van der Waals surface area contributed by atoms with Crippen LogP contribution in [0, 0.1) is 5.82 Å². The van der Waals surface area contributed by atoms with Gasteiger partial charge in [0.15, 0.2) is 0 Å². The van der Waals surface area contributed by atoms with Crippen LogP contribution in [0.2, 0.25) is 0 Å². The molecule has 1 fully saturated rings. The Hall–Kier alpha value is -1.79. The summed E-state index contributed by atoms with van der Waals surface area (Å²) in [6, 6.07) is 2.96. The van der Waals surface area contributed by atoms with E-state index in [1.807, 2.05) is 0 Å². The highest BCUT2D eigenvalue weighted by Crippen LogP contribution is 2.36. The summed E-state index contributed by atoms with van der Waals surface area (Å²) in [6.45, 7) is -1.28. The van der Waals surface area contributed by atoms with E-state index < -0.39 is 30.1 Å². The van der Waals surface area contributed by atoms with Gasteiger partial charge in [0.1, 0.15) is 17.9 Å². The molecule has 1 aliphatic rings.